The van der Waals surface area contributed by atoms with Gasteiger partial charge in [-0.1, -0.05) is 18.2 Å². The molecule has 1 heterocycles. The molecule has 0 aliphatic rings. The Labute approximate surface area is 201 Å². The largest absolute Gasteiger partial charge is 0.494 e. The highest BCUT2D eigenvalue weighted by Crippen LogP contribution is 2.32. The zero-order chi connectivity index (χ0) is 25.3. The van der Waals surface area contributed by atoms with Gasteiger partial charge in [0.05, 0.1) is 40.8 Å². The Kier molecular flexibility index (Phi) is 6.31. The summed E-state index contributed by atoms with van der Waals surface area (Å²) >= 11 is 0. The predicted molar refractivity (Wildman–Crippen MR) is 133 cm³/mol. The molecule has 3 N–H and O–H groups in total. The van der Waals surface area contributed by atoms with E-state index in [4.69, 9.17) is 4.99 Å². The number of aliphatic carboxylic acids is 1. The Balaban J connectivity index is 1.89. The van der Waals surface area contributed by atoms with E-state index in [9.17, 15) is 27.8 Å². The number of benzene rings is 3. The monoisotopic (exact) mass is 495 g/mol. The van der Waals surface area contributed by atoms with Crippen LogP contribution in [0.25, 0.3) is 10.9 Å². The highest BCUT2D eigenvalue weighted by molar-refractivity contribution is 7.92. The molecule has 0 aliphatic carbocycles. The number of anilines is 1. The summed E-state index contributed by atoms with van der Waals surface area (Å²) in [6, 6.07) is 17.3. The summed E-state index contributed by atoms with van der Waals surface area (Å²) in [5.41, 5.74) is 3.02. The minimum Gasteiger partial charge on any atom is -0.494 e. The first kappa shape index (κ1) is 24.0. The number of carboxylic acids is 1. The van der Waals surface area contributed by atoms with Crippen LogP contribution in [-0.2, 0) is 21.2 Å². The molecule has 0 spiro atoms. The van der Waals surface area contributed by atoms with Crippen molar-refractivity contribution >= 4 is 44.0 Å². The summed E-state index contributed by atoms with van der Waals surface area (Å²) in [7, 11) is -2.00. The van der Waals surface area contributed by atoms with E-state index in [1.807, 2.05) is 0 Å². The number of hydrogen-bond acceptors (Lipinski definition) is 5. The third-order valence-electron chi connectivity index (χ3n) is 5.49. The van der Waals surface area contributed by atoms with E-state index in [0.717, 1.165) is 10.6 Å². The van der Waals surface area contributed by atoms with Crippen LogP contribution in [0.1, 0.15) is 16.7 Å². The fraction of sp³-hybridized carbons (Fsp3) is 0.120. The summed E-state index contributed by atoms with van der Waals surface area (Å²) in [5.74, 6) is -1.68. The lowest BCUT2D eigenvalue weighted by molar-refractivity contribution is -0.136. The van der Waals surface area contributed by atoms with Gasteiger partial charge < -0.3 is 15.2 Å². The second kappa shape index (κ2) is 9.22. The first-order valence-electron chi connectivity index (χ1n) is 10.5. The molecule has 0 aliphatic heterocycles. The standard InChI is InChI=1S/C25H22FN3O5S/c1-29(35(2,33)34)19-9-7-18(8-10-19)27-24(16-5-3-4-15(12-16)13-22(30)31)23-20-11-6-17(26)14-21(20)28-25(23)32/h3-12,14,28,32H,13H2,1-2H3,(H,30,31). The van der Waals surface area contributed by atoms with Crippen molar-refractivity contribution in [2.24, 2.45) is 4.99 Å². The molecule has 4 rings (SSSR count). The van der Waals surface area contributed by atoms with Crippen molar-refractivity contribution in [3.63, 3.8) is 0 Å². The predicted octanol–water partition coefficient (Wildman–Crippen LogP) is 4.20. The number of halogens is 1. The van der Waals surface area contributed by atoms with Gasteiger partial charge in [0.1, 0.15) is 5.82 Å². The van der Waals surface area contributed by atoms with Gasteiger partial charge in [-0.25, -0.2) is 17.8 Å². The SMILES string of the molecule is CN(c1ccc(N=C(c2cccc(CC(=O)O)c2)c2c(O)[nH]c3cc(F)ccc23)cc1)S(C)(=O)=O. The normalized spacial score (nSPS) is 12.1. The average molecular weight is 496 g/mol. The molecule has 35 heavy (non-hydrogen) atoms. The van der Waals surface area contributed by atoms with Crippen LogP contribution in [0.5, 0.6) is 5.88 Å². The molecule has 3 aromatic carbocycles. The molecule has 4 aromatic rings. The lowest BCUT2D eigenvalue weighted by Crippen LogP contribution is -2.24. The Hall–Kier alpha value is -4.18. The molecule has 0 unspecified atom stereocenters. The Bertz CT molecular complexity index is 1560. The van der Waals surface area contributed by atoms with Gasteiger partial charge in [0.15, 0.2) is 5.88 Å². The number of aromatic amines is 1. The lowest BCUT2D eigenvalue weighted by atomic mass is 9.98. The van der Waals surface area contributed by atoms with Crippen LogP contribution in [0, 0.1) is 5.82 Å². The minimum absolute atomic E-state index is 0.196. The molecule has 10 heteroatoms. The zero-order valence-corrected chi connectivity index (χ0v) is 19.7. The second-order valence-electron chi connectivity index (χ2n) is 8.02. The number of aromatic nitrogens is 1. The first-order valence-corrected chi connectivity index (χ1v) is 12.3. The molecule has 1 aromatic heterocycles. The maximum atomic E-state index is 13.8. The third-order valence-corrected chi connectivity index (χ3v) is 6.69. The number of nitrogens with zero attached hydrogens (tertiary/aromatic N) is 2. The van der Waals surface area contributed by atoms with Crippen LogP contribution in [0.3, 0.4) is 0 Å². The van der Waals surface area contributed by atoms with Crippen molar-refractivity contribution in [1.29, 1.82) is 0 Å². The number of aliphatic imine (C=N–C) groups is 1. The summed E-state index contributed by atoms with van der Waals surface area (Å²) < 4.78 is 38.6. The number of H-pyrrole nitrogens is 1. The highest BCUT2D eigenvalue weighted by atomic mass is 32.2. The number of aromatic hydroxyl groups is 1. The molecule has 0 atom stereocenters. The van der Waals surface area contributed by atoms with Gasteiger partial charge in [-0.2, -0.15) is 0 Å². The highest BCUT2D eigenvalue weighted by Gasteiger charge is 2.20. The maximum Gasteiger partial charge on any atom is 0.307 e. The number of hydrogen-bond donors (Lipinski definition) is 3. The van der Waals surface area contributed by atoms with Crippen LogP contribution in [0.15, 0.2) is 71.7 Å². The van der Waals surface area contributed by atoms with E-state index < -0.39 is 21.8 Å². The summed E-state index contributed by atoms with van der Waals surface area (Å²) in [6.07, 6.45) is 0.905. The van der Waals surface area contributed by atoms with Gasteiger partial charge >= 0.3 is 5.97 Å². The van der Waals surface area contributed by atoms with Crippen LogP contribution in [0.2, 0.25) is 0 Å². The first-order chi connectivity index (χ1) is 16.5. The average Bonchev–Trinajstić information content (AvgIpc) is 3.11. The number of nitrogens with one attached hydrogen (secondary N) is 1. The van der Waals surface area contributed by atoms with Crippen LogP contribution >= 0.6 is 0 Å². The van der Waals surface area contributed by atoms with Crippen molar-refractivity contribution in [2.45, 2.75) is 6.42 Å². The van der Waals surface area contributed by atoms with Gasteiger partial charge in [-0.15, -0.1) is 0 Å². The van der Waals surface area contributed by atoms with Gasteiger partial charge in [0, 0.05) is 18.0 Å². The van der Waals surface area contributed by atoms with E-state index in [1.165, 1.54) is 25.2 Å². The molecular weight excluding hydrogens is 473 g/mol. The molecule has 0 fully saturated rings. The van der Waals surface area contributed by atoms with Gasteiger partial charge in [-0.05, 0) is 54.1 Å². The van der Waals surface area contributed by atoms with E-state index in [0.29, 0.717) is 44.7 Å². The molecule has 0 saturated heterocycles. The molecule has 0 bridgehead atoms. The molecule has 8 nitrogen and oxygen atoms in total. The van der Waals surface area contributed by atoms with E-state index in [-0.39, 0.29) is 12.3 Å². The van der Waals surface area contributed by atoms with Crippen LogP contribution < -0.4 is 4.31 Å². The second-order valence-corrected chi connectivity index (χ2v) is 10.0. The Morgan fingerprint density at radius 2 is 1.80 bits per heavy atom. The van der Waals surface area contributed by atoms with Gasteiger partial charge in [0.25, 0.3) is 0 Å². The number of carboxylic acid groups (broad SMARTS) is 1. The van der Waals surface area contributed by atoms with E-state index in [1.54, 1.807) is 48.5 Å². The number of rotatable bonds is 7. The smallest absolute Gasteiger partial charge is 0.307 e. The van der Waals surface area contributed by atoms with Gasteiger partial charge in [0.2, 0.25) is 10.0 Å². The lowest BCUT2D eigenvalue weighted by Gasteiger charge is -2.16. The molecule has 0 amide bonds. The molecule has 0 radical (unpaired) electrons. The Morgan fingerprint density at radius 1 is 1.09 bits per heavy atom. The fourth-order valence-corrected chi connectivity index (χ4v) is 4.23. The van der Waals surface area contributed by atoms with E-state index >= 15 is 0 Å². The number of carbonyl (C=O) groups is 1. The van der Waals surface area contributed by atoms with Crippen LogP contribution in [0.4, 0.5) is 15.8 Å². The van der Waals surface area contributed by atoms with Crippen molar-refractivity contribution in [1.82, 2.24) is 4.98 Å². The fourth-order valence-electron chi connectivity index (χ4n) is 3.72. The van der Waals surface area contributed by atoms with Crippen molar-refractivity contribution in [2.75, 3.05) is 17.6 Å². The quantitative estimate of drug-likeness (QED) is 0.332. The number of fused-ring (bicyclic) bond motifs is 1. The summed E-state index contributed by atoms with van der Waals surface area (Å²) in [6.45, 7) is 0. The Morgan fingerprint density at radius 3 is 2.46 bits per heavy atom. The topological polar surface area (TPSA) is 123 Å². The summed E-state index contributed by atoms with van der Waals surface area (Å²) in [4.78, 5) is 18.7. The van der Waals surface area contributed by atoms with Crippen molar-refractivity contribution in [3.8, 4) is 5.88 Å². The maximum absolute atomic E-state index is 13.8. The van der Waals surface area contributed by atoms with Crippen molar-refractivity contribution < 1.29 is 27.8 Å². The molecular formula is C25H22FN3O5S. The molecule has 0 saturated carbocycles. The third kappa shape index (κ3) is 5.17. The molecule has 180 valence electrons. The van der Waals surface area contributed by atoms with E-state index in [2.05, 4.69) is 4.98 Å². The zero-order valence-electron chi connectivity index (χ0n) is 18.9. The summed E-state index contributed by atoms with van der Waals surface area (Å²) in [5, 5.41) is 20.5. The number of sulfonamides is 1. The minimum atomic E-state index is -3.44. The van der Waals surface area contributed by atoms with Crippen molar-refractivity contribution in [3.05, 3.63) is 89.2 Å². The van der Waals surface area contributed by atoms with Crippen LogP contribution in [-0.4, -0.2) is 48.6 Å². The van der Waals surface area contributed by atoms with Gasteiger partial charge in [-0.3, -0.25) is 9.10 Å².